The molecule has 218 valence electrons. The van der Waals surface area contributed by atoms with Gasteiger partial charge < -0.3 is 24.4 Å². The Morgan fingerprint density at radius 2 is 1.90 bits per heavy atom. The normalized spacial score (nSPS) is 17.7. The number of hydrogen-bond donors (Lipinski definition) is 1. The molecule has 0 saturated carbocycles. The SMILES string of the molecule is CC1(NC(=O)OC(C)(C)C)CCN(c2cnc(-c3cc(OCCN4CCOCC4)cn4ncc(C#N)c34)cn2)CC1. The third-order valence-corrected chi connectivity index (χ3v) is 7.39. The van der Waals surface area contributed by atoms with Gasteiger partial charge in [0.25, 0.3) is 0 Å². The van der Waals surface area contributed by atoms with E-state index in [0.717, 1.165) is 70.2 Å². The molecule has 12 nitrogen and oxygen atoms in total. The van der Waals surface area contributed by atoms with Crippen LogP contribution >= 0.6 is 0 Å². The van der Waals surface area contributed by atoms with E-state index in [1.807, 2.05) is 33.8 Å². The van der Waals surface area contributed by atoms with Gasteiger partial charge in [-0.25, -0.2) is 14.3 Å². The smallest absolute Gasteiger partial charge is 0.408 e. The molecule has 1 N–H and O–H groups in total. The Hall–Kier alpha value is -3.95. The number of amides is 1. The number of hydrogen-bond acceptors (Lipinski definition) is 10. The molecule has 2 saturated heterocycles. The summed E-state index contributed by atoms with van der Waals surface area (Å²) in [6.45, 7) is 13.7. The third kappa shape index (κ3) is 7.04. The molecule has 0 unspecified atom stereocenters. The maximum Gasteiger partial charge on any atom is 0.408 e. The standard InChI is InChI=1S/C29H38N8O4/c1-28(2,3)41-27(38)34-29(4)5-7-36(8-6-29)25-19-31-24(18-32-25)23-15-22(20-37-26(23)21(16-30)17-33-37)40-14-11-35-9-12-39-13-10-35/h15,17-20H,5-14H2,1-4H3,(H,34,38). The Bertz CT molecular complexity index is 1400. The van der Waals surface area contributed by atoms with E-state index in [1.54, 1.807) is 29.3 Å². The number of aromatic nitrogens is 4. The van der Waals surface area contributed by atoms with E-state index in [9.17, 15) is 10.1 Å². The van der Waals surface area contributed by atoms with Crippen LogP contribution in [0.1, 0.15) is 46.1 Å². The fourth-order valence-electron chi connectivity index (χ4n) is 5.10. The van der Waals surface area contributed by atoms with Crippen LogP contribution in [0.4, 0.5) is 10.6 Å². The summed E-state index contributed by atoms with van der Waals surface area (Å²) in [7, 11) is 0. The number of ether oxygens (including phenoxy) is 3. The summed E-state index contributed by atoms with van der Waals surface area (Å²) in [5, 5.41) is 17.1. The van der Waals surface area contributed by atoms with E-state index < -0.39 is 11.7 Å². The summed E-state index contributed by atoms with van der Waals surface area (Å²) in [4.78, 5) is 26.2. The van der Waals surface area contributed by atoms with Crippen LogP contribution in [0.5, 0.6) is 5.75 Å². The van der Waals surface area contributed by atoms with E-state index >= 15 is 0 Å². The fraction of sp³-hybridized carbons (Fsp3) is 0.552. The van der Waals surface area contributed by atoms with Crippen LogP contribution in [0, 0.1) is 11.3 Å². The number of alkyl carbamates (subject to hydrolysis) is 1. The number of fused-ring (bicyclic) bond motifs is 1. The molecular formula is C29H38N8O4. The highest BCUT2D eigenvalue weighted by molar-refractivity contribution is 5.83. The number of nitrogens with one attached hydrogen (secondary N) is 1. The van der Waals surface area contributed by atoms with Crippen molar-refractivity contribution in [2.75, 3.05) is 57.4 Å². The molecule has 2 fully saturated rings. The van der Waals surface area contributed by atoms with Gasteiger partial charge in [-0.2, -0.15) is 10.4 Å². The van der Waals surface area contributed by atoms with Gasteiger partial charge in [0.05, 0.1) is 54.8 Å². The molecule has 2 aliphatic heterocycles. The highest BCUT2D eigenvalue weighted by Crippen LogP contribution is 2.31. The van der Waals surface area contributed by atoms with Gasteiger partial charge in [-0.1, -0.05) is 0 Å². The molecule has 5 heterocycles. The zero-order valence-electron chi connectivity index (χ0n) is 24.2. The van der Waals surface area contributed by atoms with Crippen molar-refractivity contribution in [1.82, 2.24) is 29.8 Å². The minimum atomic E-state index is -0.538. The lowest BCUT2D eigenvalue weighted by Crippen LogP contribution is -2.54. The predicted octanol–water partition coefficient (Wildman–Crippen LogP) is 3.26. The highest BCUT2D eigenvalue weighted by Gasteiger charge is 2.33. The second-order valence-corrected chi connectivity index (χ2v) is 11.8. The van der Waals surface area contributed by atoms with Crippen molar-refractivity contribution in [3.63, 3.8) is 0 Å². The number of piperidine rings is 1. The summed E-state index contributed by atoms with van der Waals surface area (Å²) in [6, 6.07) is 4.12. The number of carbonyl (C=O) groups excluding carboxylic acids is 1. The van der Waals surface area contributed by atoms with Crippen molar-refractivity contribution in [3.05, 3.63) is 36.4 Å². The van der Waals surface area contributed by atoms with E-state index in [4.69, 9.17) is 24.2 Å². The Kier molecular flexibility index (Phi) is 8.28. The molecule has 0 aliphatic carbocycles. The zero-order valence-corrected chi connectivity index (χ0v) is 24.2. The number of pyridine rings is 1. The molecule has 0 bridgehead atoms. The van der Waals surface area contributed by atoms with Crippen LogP contribution in [0.3, 0.4) is 0 Å². The van der Waals surface area contributed by atoms with E-state index in [-0.39, 0.29) is 5.54 Å². The lowest BCUT2D eigenvalue weighted by molar-refractivity contribution is 0.0322. The molecule has 2 aliphatic rings. The first-order valence-corrected chi connectivity index (χ1v) is 14.1. The predicted molar refractivity (Wildman–Crippen MR) is 153 cm³/mol. The largest absolute Gasteiger partial charge is 0.491 e. The quantitative estimate of drug-likeness (QED) is 0.458. The van der Waals surface area contributed by atoms with Crippen molar-refractivity contribution in [2.45, 2.75) is 51.7 Å². The summed E-state index contributed by atoms with van der Waals surface area (Å²) in [5.41, 5.74) is 1.59. The van der Waals surface area contributed by atoms with Crippen LogP contribution in [0.25, 0.3) is 16.8 Å². The van der Waals surface area contributed by atoms with Crippen LogP contribution in [0.15, 0.2) is 30.9 Å². The van der Waals surface area contributed by atoms with Crippen molar-refractivity contribution >= 4 is 17.4 Å². The van der Waals surface area contributed by atoms with Crippen LogP contribution in [-0.2, 0) is 9.47 Å². The first-order valence-electron chi connectivity index (χ1n) is 14.1. The minimum absolute atomic E-state index is 0.351. The fourth-order valence-corrected chi connectivity index (χ4v) is 5.10. The van der Waals surface area contributed by atoms with E-state index in [1.165, 1.54) is 0 Å². The number of rotatable bonds is 7. The summed E-state index contributed by atoms with van der Waals surface area (Å²) in [6.07, 6.45) is 7.93. The van der Waals surface area contributed by atoms with Gasteiger partial charge in [-0.05, 0) is 46.6 Å². The van der Waals surface area contributed by atoms with Crippen molar-refractivity contribution in [3.8, 4) is 23.1 Å². The lowest BCUT2D eigenvalue weighted by atomic mass is 9.90. The lowest BCUT2D eigenvalue weighted by Gasteiger charge is -2.40. The number of nitriles is 1. The monoisotopic (exact) mass is 562 g/mol. The first kappa shape index (κ1) is 28.6. The molecule has 0 atom stereocenters. The van der Waals surface area contributed by atoms with Gasteiger partial charge in [0, 0.05) is 43.8 Å². The van der Waals surface area contributed by atoms with Crippen molar-refractivity contribution < 1.29 is 19.0 Å². The highest BCUT2D eigenvalue weighted by atomic mass is 16.6. The first-order chi connectivity index (χ1) is 19.6. The van der Waals surface area contributed by atoms with E-state index in [2.05, 4.69) is 26.3 Å². The molecule has 3 aromatic heterocycles. The van der Waals surface area contributed by atoms with Crippen LogP contribution < -0.4 is 15.0 Å². The van der Waals surface area contributed by atoms with Gasteiger partial charge in [0.15, 0.2) is 0 Å². The second kappa shape index (κ2) is 11.9. The molecular weight excluding hydrogens is 524 g/mol. The minimum Gasteiger partial charge on any atom is -0.491 e. The van der Waals surface area contributed by atoms with Gasteiger partial charge >= 0.3 is 6.09 Å². The van der Waals surface area contributed by atoms with Crippen LogP contribution in [-0.4, -0.2) is 94.3 Å². The van der Waals surface area contributed by atoms with Gasteiger partial charge in [-0.3, -0.25) is 9.88 Å². The van der Waals surface area contributed by atoms with Gasteiger partial charge in [0.1, 0.15) is 29.8 Å². The summed E-state index contributed by atoms with van der Waals surface area (Å²) < 4.78 is 18.6. The number of morpholine rings is 1. The van der Waals surface area contributed by atoms with Crippen molar-refractivity contribution in [2.24, 2.45) is 0 Å². The molecule has 1 amide bonds. The Morgan fingerprint density at radius 1 is 1.15 bits per heavy atom. The van der Waals surface area contributed by atoms with Gasteiger partial charge in [0.2, 0.25) is 0 Å². The van der Waals surface area contributed by atoms with E-state index in [0.29, 0.717) is 29.1 Å². The summed E-state index contributed by atoms with van der Waals surface area (Å²) >= 11 is 0. The number of carbonyl (C=O) groups is 1. The Labute approximate surface area is 240 Å². The maximum atomic E-state index is 12.3. The molecule has 0 radical (unpaired) electrons. The van der Waals surface area contributed by atoms with Crippen LogP contribution in [0.2, 0.25) is 0 Å². The average molecular weight is 563 g/mol. The van der Waals surface area contributed by atoms with Gasteiger partial charge in [-0.15, -0.1) is 0 Å². The molecule has 5 rings (SSSR count). The molecule has 41 heavy (non-hydrogen) atoms. The second-order valence-electron chi connectivity index (χ2n) is 11.8. The maximum absolute atomic E-state index is 12.3. The molecule has 0 aromatic carbocycles. The summed E-state index contributed by atoms with van der Waals surface area (Å²) in [5.74, 6) is 1.41. The molecule has 0 spiro atoms. The number of anilines is 1. The third-order valence-electron chi connectivity index (χ3n) is 7.39. The molecule has 12 heteroatoms. The average Bonchev–Trinajstić information content (AvgIpc) is 3.36. The zero-order chi connectivity index (χ0) is 29.0. The topological polar surface area (TPSA) is 130 Å². The molecule has 3 aromatic rings. The van der Waals surface area contributed by atoms with Crippen molar-refractivity contribution in [1.29, 1.82) is 5.26 Å². The Balaban J connectivity index is 1.27. The number of nitrogens with zero attached hydrogens (tertiary/aromatic N) is 7. The Morgan fingerprint density at radius 3 is 2.56 bits per heavy atom.